The fourth-order valence-corrected chi connectivity index (χ4v) is 5.55. The Morgan fingerprint density at radius 1 is 1.05 bits per heavy atom. The summed E-state index contributed by atoms with van der Waals surface area (Å²) in [5, 5.41) is 0.778. The predicted molar refractivity (Wildman–Crippen MR) is 144 cm³/mol. The predicted octanol–water partition coefficient (Wildman–Crippen LogP) is 7.75. The molecule has 0 aliphatic heterocycles. The first kappa shape index (κ1) is 27.2. The third kappa shape index (κ3) is 5.65. The fourth-order valence-electron chi connectivity index (χ4n) is 5.55. The molecule has 8 heteroatoms. The van der Waals surface area contributed by atoms with E-state index in [0.29, 0.717) is 28.3 Å². The molecule has 1 aromatic heterocycles. The quantitative estimate of drug-likeness (QED) is 0.310. The van der Waals surface area contributed by atoms with Gasteiger partial charge in [-0.15, -0.1) is 0 Å². The Balaban J connectivity index is 1.54. The van der Waals surface area contributed by atoms with Crippen molar-refractivity contribution in [3.8, 4) is 5.75 Å². The van der Waals surface area contributed by atoms with E-state index >= 15 is 0 Å². The van der Waals surface area contributed by atoms with Crippen LogP contribution in [0.4, 0.5) is 13.6 Å². The Hall–Kier alpha value is -3.42. The highest BCUT2D eigenvalue weighted by Crippen LogP contribution is 2.50. The molecule has 0 saturated heterocycles. The lowest BCUT2D eigenvalue weighted by Crippen LogP contribution is -2.37. The monoisotopic (exact) mass is 539 g/mol. The van der Waals surface area contributed by atoms with E-state index in [9.17, 15) is 18.4 Å². The van der Waals surface area contributed by atoms with Gasteiger partial charge in [-0.3, -0.25) is 4.57 Å². The second-order valence-electron chi connectivity index (χ2n) is 11.8. The van der Waals surface area contributed by atoms with Crippen molar-refractivity contribution in [2.45, 2.75) is 89.3 Å². The summed E-state index contributed by atoms with van der Waals surface area (Å²) >= 11 is 0. The topological polar surface area (TPSA) is 66.8 Å². The van der Waals surface area contributed by atoms with Crippen LogP contribution in [0.25, 0.3) is 10.9 Å². The van der Waals surface area contributed by atoms with Gasteiger partial charge in [0, 0.05) is 30.3 Å². The summed E-state index contributed by atoms with van der Waals surface area (Å²) in [6, 6.07) is 10.5. The molecule has 2 aromatic carbocycles. The van der Waals surface area contributed by atoms with Gasteiger partial charge in [0.15, 0.2) is 0 Å². The Morgan fingerprint density at radius 2 is 1.74 bits per heavy atom. The first-order valence-electron chi connectivity index (χ1n) is 13.5. The van der Waals surface area contributed by atoms with E-state index in [2.05, 4.69) is 6.07 Å². The number of carbonyl (C=O) groups excluding carboxylic acids is 2. The normalized spacial score (nSPS) is 21.0. The molecule has 2 atom stereocenters. The summed E-state index contributed by atoms with van der Waals surface area (Å²) in [7, 11) is 1.30. The Morgan fingerprint density at radius 3 is 2.36 bits per heavy atom. The molecule has 0 N–H and O–H groups in total. The highest BCUT2D eigenvalue weighted by molar-refractivity contribution is 5.96. The third-order valence-electron chi connectivity index (χ3n) is 7.54. The van der Waals surface area contributed by atoms with Gasteiger partial charge in [-0.1, -0.05) is 12.1 Å². The van der Waals surface area contributed by atoms with Crippen molar-refractivity contribution >= 4 is 23.0 Å². The molecule has 0 radical (unpaired) electrons. The van der Waals surface area contributed by atoms with Crippen molar-refractivity contribution in [1.82, 2.24) is 4.57 Å². The number of rotatable bonds is 5. The minimum Gasteiger partial charge on any atom is -0.489 e. The molecule has 2 saturated carbocycles. The number of ether oxygens (including phenoxy) is 3. The van der Waals surface area contributed by atoms with Crippen molar-refractivity contribution in [3.63, 3.8) is 0 Å². The van der Waals surface area contributed by atoms with E-state index in [1.54, 1.807) is 30.5 Å². The molecule has 0 amide bonds. The summed E-state index contributed by atoms with van der Waals surface area (Å²) in [6.45, 7) is 7.42. The zero-order chi connectivity index (χ0) is 28.1. The van der Waals surface area contributed by atoms with Gasteiger partial charge < -0.3 is 14.2 Å². The Kier molecular flexibility index (Phi) is 6.93. The van der Waals surface area contributed by atoms with Gasteiger partial charge in [-0.05, 0) is 93.8 Å². The molecule has 0 bridgehead atoms. The van der Waals surface area contributed by atoms with E-state index in [1.165, 1.54) is 11.7 Å². The molecular formula is C31H35F2NO5. The van der Waals surface area contributed by atoms with Gasteiger partial charge in [-0.25, -0.2) is 18.4 Å². The van der Waals surface area contributed by atoms with Crippen LogP contribution >= 0.6 is 0 Å². The molecule has 0 spiro atoms. The maximum atomic E-state index is 14.7. The van der Waals surface area contributed by atoms with Gasteiger partial charge in [0.1, 0.15) is 17.5 Å². The first-order chi connectivity index (χ1) is 18.4. The van der Waals surface area contributed by atoms with Gasteiger partial charge in [-0.2, -0.15) is 0 Å². The molecule has 2 fully saturated rings. The SMILES string of the molecule is COC(=O)c1ccc([C@@H]2CC(F)(F)CC[C@H]2Oc2c(C3CC3)cc(C)c3c2ccn3C(=O)OC(C)(C)C)cc1. The largest absolute Gasteiger partial charge is 0.489 e. The maximum absolute atomic E-state index is 14.7. The second-order valence-corrected chi connectivity index (χ2v) is 11.8. The molecule has 208 valence electrons. The summed E-state index contributed by atoms with van der Waals surface area (Å²) in [6.07, 6.45) is 2.36. The molecular weight excluding hydrogens is 504 g/mol. The minimum atomic E-state index is -2.81. The fraction of sp³-hybridized carbons (Fsp3) is 0.484. The lowest BCUT2D eigenvalue weighted by atomic mass is 9.79. The highest BCUT2D eigenvalue weighted by atomic mass is 19.3. The van der Waals surface area contributed by atoms with Crippen LogP contribution in [0.2, 0.25) is 0 Å². The van der Waals surface area contributed by atoms with Crippen molar-refractivity contribution in [3.05, 3.63) is 64.8 Å². The van der Waals surface area contributed by atoms with Crippen molar-refractivity contribution in [2.75, 3.05) is 7.11 Å². The number of aryl methyl sites for hydroxylation is 1. The van der Waals surface area contributed by atoms with E-state index in [4.69, 9.17) is 14.2 Å². The van der Waals surface area contributed by atoms with Gasteiger partial charge in [0.05, 0.1) is 18.2 Å². The number of halogens is 2. The van der Waals surface area contributed by atoms with E-state index in [0.717, 1.165) is 29.4 Å². The number of hydrogen-bond donors (Lipinski definition) is 0. The van der Waals surface area contributed by atoms with Crippen molar-refractivity contribution in [1.29, 1.82) is 0 Å². The molecule has 5 rings (SSSR count). The standard InChI is InChI=1S/C31H35F2NO5/c1-18-16-23(19-6-7-19)27(22-13-15-34(26(18)22)29(36)39-30(2,3)4)38-25-12-14-31(32,33)17-24(25)20-8-10-21(11-9-20)28(35)37-5/h8-11,13,15-16,19,24-25H,6-7,12,14,17H2,1-5H3/t24-,25+/m0/s1. The third-order valence-corrected chi connectivity index (χ3v) is 7.54. The van der Waals surface area contributed by atoms with E-state index in [-0.39, 0.29) is 19.3 Å². The molecule has 39 heavy (non-hydrogen) atoms. The molecule has 3 aromatic rings. The smallest absolute Gasteiger partial charge is 0.419 e. The summed E-state index contributed by atoms with van der Waals surface area (Å²) in [4.78, 5) is 24.9. The summed E-state index contributed by atoms with van der Waals surface area (Å²) in [5.74, 6) is -2.86. The number of methoxy groups -OCH3 is 1. The number of fused-ring (bicyclic) bond motifs is 1. The van der Waals surface area contributed by atoms with Crippen LogP contribution in [0.1, 0.15) is 91.8 Å². The number of esters is 1. The number of benzene rings is 2. The molecule has 2 aliphatic carbocycles. The zero-order valence-electron chi connectivity index (χ0n) is 23.1. The Labute approximate surface area is 227 Å². The molecule has 0 unspecified atom stereocenters. The van der Waals surface area contributed by atoms with Crippen molar-refractivity contribution in [2.24, 2.45) is 0 Å². The van der Waals surface area contributed by atoms with Crippen LogP contribution in [0.15, 0.2) is 42.6 Å². The molecule has 1 heterocycles. The van der Waals surface area contributed by atoms with Crippen LogP contribution in [0, 0.1) is 6.92 Å². The van der Waals surface area contributed by atoms with Gasteiger partial charge in [0.25, 0.3) is 0 Å². The molecule has 6 nitrogen and oxygen atoms in total. The van der Waals surface area contributed by atoms with Crippen LogP contribution in [0.5, 0.6) is 5.75 Å². The van der Waals surface area contributed by atoms with Crippen LogP contribution in [-0.2, 0) is 9.47 Å². The zero-order valence-corrected chi connectivity index (χ0v) is 23.1. The van der Waals surface area contributed by atoms with Gasteiger partial charge in [0.2, 0.25) is 5.92 Å². The second kappa shape index (κ2) is 9.96. The summed E-state index contributed by atoms with van der Waals surface area (Å²) in [5.41, 5.74) is 3.08. The number of alkyl halides is 2. The summed E-state index contributed by atoms with van der Waals surface area (Å²) < 4.78 is 48.0. The van der Waals surface area contributed by atoms with E-state index in [1.807, 2.05) is 33.8 Å². The number of hydrogen-bond acceptors (Lipinski definition) is 5. The average Bonchev–Trinajstić information content (AvgIpc) is 3.62. The van der Waals surface area contributed by atoms with Crippen molar-refractivity contribution < 1.29 is 32.6 Å². The molecule has 2 aliphatic rings. The minimum absolute atomic E-state index is 0.183. The highest BCUT2D eigenvalue weighted by Gasteiger charge is 2.44. The Bertz CT molecular complexity index is 1400. The van der Waals surface area contributed by atoms with E-state index < -0.39 is 35.6 Å². The number of aromatic nitrogens is 1. The van der Waals surface area contributed by atoms with Crippen LogP contribution < -0.4 is 4.74 Å². The number of nitrogens with zero attached hydrogens (tertiary/aromatic N) is 1. The van der Waals surface area contributed by atoms with Gasteiger partial charge >= 0.3 is 12.1 Å². The first-order valence-corrected chi connectivity index (χ1v) is 13.5. The average molecular weight is 540 g/mol. The maximum Gasteiger partial charge on any atom is 0.419 e. The lowest BCUT2D eigenvalue weighted by Gasteiger charge is -2.37. The van der Waals surface area contributed by atoms with Crippen LogP contribution in [0.3, 0.4) is 0 Å². The number of carbonyl (C=O) groups is 2. The van der Waals surface area contributed by atoms with Crippen LogP contribution in [-0.4, -0.2) is 41.4 Å². The lowest BCUT2D eigenvalue weighted by molar-refractivity contribution is -0.0685.